The number of amides is 1. The number of hydrogen-bond donors (Lipinski definition) is 1. The molecule has 2 aromatic rings. The van der Waals surface area contributed by atoms with Gasteiger partial charge in [0.15, 0.2) is 0 Å². The standard InChI is InChI=1S/C23H30N2O2/c1-16(2)13-23(3,14-17-9-6-5-7-10-17)25-22(26)19-15-24-20-12-8-11-18(20)21(19)27-4/h5-7,9-10,15-16H,8,11-14H2,1-4H3,(H,25,26). The summed E-state index contributed by atoms with van der Waals surface area (Å²) in [6.45, 7) is 6.50. The van der Waals surface area contributed by atoms with Crippen molar-refractivity contribution in [3.8, 4) is 5.75 Å². The molecule has 1 aliphatic carbocycles. The van der Waals surface area contributed by atoms with E-state index in [4.69, 9.17) is 4.74 Å². The van der Waals surface area contributed by atoms with Gasteiger partial charge in [-0.3, -0.25) is 9.78 Å². The van der Waals surface area contributed by atoms with Crippen LogP contribution in [0.25, 0.3) is 0 Å². The normalized spacial score (nSPS) is 15.3. The van der Waals surface area contributed by atoms with Gasteiger partial charge < -0.3 is 10.1 Å². The molecule has 0 spiro atoms. The van der Waals surface area contributed by atoms with E-state index in [2.05, 4.69) is 43.2 Å². The number of aryl methyl sites for hydroxylation is 1. The Morgan fingerprint density at radius 3 is 2.67 bits per heavy atom. The van der Waals surface area contributed by atoms with Crippen molar-refractivity contribution < 1.29 is 9.53 Å². The summed E-state index contributed by atoms with van der Waals surface area (Å²) in [5, 5.41) is 3.30. The number of nitrogens with zero attached hydrogens (tertiary/aromatic N) is 1. The molecule has 27 heavy (non-hydrogen) atoms. The molecule has 0 bridgehead atoms. The van der Waals surface area contributed by atoms with Gasteiger partial charge in [0, 0.05) is 23.0 Å². The predicted octanol–water partition coefficient (Wildman–Crippen LogP) is 4.36. The Balaban J connectivity index is 1.86. The lowest BCUT2D eigenvalue weighted by molar-refractivity contribution is 0.0890. The summed E-state index contributed by atoms with van der Waals surface area (Å²) < 4.78 is 5.62. The first-order valence-corrected chi connectivity index (χ1v) is 9.83. The van der Waals surface area contributed by atoms with Crippen molar-refractivity contribution in [2.75, 3.05) is 7.11 Å². The first-order chi connectivity index (χ1) is 12.9. The van der Waals surface area contributed by atoms with Crippen molar-refractivity contribution >= 4 is 5.91 Å². The largest absolute Gasteiger partial charge is 0.496 e. The van der Waals surface area contributed by atoms with Gasteiger partial charge in [-0.1, -0.05) is 44.2 Å². The van der Waals surface area contributed by atoms with E-state index in [0.29, 0.717) is 17.2 Å². The maximum absolute atomic E-state index is 13.2. The van der Waals surface area contributed by atoms with Crippen LogP contribution in [-0.4, -0.2) is 23.5 Å². The van der Waals surface area contributed by atoms with Crippen LogP contribution in [0.2, 0.25) is 0 Å². The zero-order chi connectivity index (χ0) is 19.4. The van der Waals surface area contributed by atoms with Crippen LogP contribution in [0.4, 0.5) is 0 Å². The van der Waals surface area contributed by atoms with Gasteiger partial charge in [-0.05, 0) is 50.5 Å². The molecule has 1 atom stereocenters. The fourth-order valence-electron chi connectivity index (χ4n) is 4.33. The van der Waals surface area contributed by atoms with Crippen molar-refractivity contribution in [3.05, 3.63) is 58.9 Å². The van der Waals surface area contributed by atoms with E-state index in [1.807, 2.05) is 18.2 Å². The van der Waals surface area contributed by atoms with Gasteiger partial charge in [-0.25, -0.2) is 0 Å². The van der Waals surface area contributed by atoms with Crippen molar-refractivity contribution in [2.45, 2.75) is 58.4 Å². The first kappa shape index (κ1) is 19.4. The van der Waals surface area contributed by atoms with E-state index >= 15 is 0 Å². The number of aromatic nitrogens is 1. The summed E-state index contributed by atoms with van der Waals surface area (Å²) in [5.41, 5.74) is 3.59. The van der Waals surface area contributed by atoms with Crippen LogP contribution in [0.5, 0.6) is 5.75 Å². The minimum Gasteiger partial charge on any atom is -0.496 e. The van der Waals surface area contributed by atoms with Gasteiger partial charge in [0.05, 0.1) is 12.7 Å². The van der Waals surface area contributed by atoms with E-state index in [9.17, 15) is 4.79 Å². The maximum atomic E-state index is 13.2. The molecule has 0 fully saturated rings. The summed E-state index contributed by atoms with van der Waals surface area (Å²) >= 11 is 0. The number of hydrogen-bond acceptors (Lipinski definition) is 3. The van der Waals surface area contributed by atoms with Crippen LogP contribution in [-0.2, 0) is 19.3 Å². The van der Waals surface area contributed by atoms with Crippen LogP contribution in [0.15, 0.2) is 36.5 Å². The molecule has 1 aliphatic rings. The lowest BCUT2D eigenvalue weighted by Gasteiger charge is -2.33. The molecule has 1 heterocycles. The number of carbonyl (C=O) groups excluding carboxylic acids is 1. The Morgan fingerprint density at radius 2 is 2.00 bits per heavy atom. The van der Waals surface area contributed by atoms with E-state index in [-0.39, 0.29) is 11.4 Å². The molecular weight excluding hydrogens is 336 g/mol. The third kappa shape index (κ3) is 4.49. The lowest BCUT2D eigenvalue weighted by atomic mass is 9.84. The number of methoxy groups -OCH3 is 1. The third-order valence-electron chi connectivity index (χ3n) is 5.22. The van der Waals surface area contributed by atoms with E-state index in [1.54, 1.807) is 13.3 Å². The highest BCUT2D eigenvalue weighted by atomic mass is 16.5. The van der Waals surface area contributed by atoms with Gasteiger partial charge in [0.1, 0.15) is 5.75 Å². The summed E-state index contributed by atoms with van der Waals surface area (Å²) in [5.74, 6) is 1.06. The molecule has 4 heteroatoms. The van der Waals surface area contributed by atoms with Crippen molar-refractivity contribution in [1.82, 2.24) is 10.3 Å². The second kappa shape index (κ2) is 8.12. The second-order valence-electron chi connectivity index (χ2n) is 8.26. The van der Waals surface area contributed by atoms with E-state index in [1.165, 1.54) is 5.56 Å². The molecule has 0 radical (unpaired) electrons. The molecule has 0 saturated carbocycles. The van der Waals surface area contributed by atoms with Gasteiger partial charge in [-0.15, -0.1) is 0 Å². The smallest absolute Gasteiger partial charge is 0.257 e. The number of pyridine rings is 1. The van der Waals surface area contributed by atoms with Crippen LogP contribution in [0, 0.1) is 5.92 Å². The van der Waals surface area contributed by atoms with Crippen molar-refractivity contribution in [1.29, 1.82) is 0 Å². The number of fused-ring (bicyclic) bond motifs is 1. The number of rotatable bonds is 7. The number of nitrogens with one attached hydrogen (secondary N) is 1. The van der Waals surface area contributed by atoms with Gasteiger partial charge in [-0.2, -0.15) is 0 Å². The van der Waals surface area contributed by atoms with Crippen molar-refractivity contribution in [2.24, 2.45) is 5.92 Å². The maximum Gasteiger partial charge on any atom is 0.257 e. The van der Waals surface area contributed by atoms with Crippen LogP contribution in [0.3, 0.4) is 0 Å². The molecule has 1 amide bonds. The SMILES string of the molecule is COc1c(C(=O)NC(C)(Cc2ccccc2)CC(C)C)cnc2c1CCC2. The molecule has 144 valence electrons. The Bertz CT molecular complexity index is 802. The Kier molecular flexibility index (Phi) is 5.83. The zero-order valence-corrected chi connectivity index (χ0v) is 16.8. The average molecular weight is 367 g/mol. The summed E-state index contributed by atoms with van der Waals surface area (Å²) in [7, 11) is 1.64. The molecule has 0 aliphatic heterocycles. The topological polar surface area (TPSA) is 51.2 Å². The van der Waals surface area contributed by atoms with Crippen molar-refractivity contribution in [3.63, 3.8) is 0 Å². The highest BCUT2D eigenvalue weighted by molar-refractivity contribution is 5.97. The summed E-state index contributed by atoms with van der Waals surface area (Å²) in [4.78, 5) is 17.7. The molecule has 1 aromatic heterocycles. The highest BCUT2D eigenvalue weighted by Gasteiger charge is 2.31. The fourth-order valence-corrected chi connectivity index (χ4v) is 4.33. The third-order valence-corrected chi connectivity index (χ3v) is 5.22. The monoisotopic (exact) mass is 366 g/mol. The quantitative estimate of drug-likeness (QED) is 0.792. The number of carbonyl (C=O) groups is 1. The Hall–Kier alpha value is -2.36. The fraction of sp³-hybridized carbons (Fsp3) is 0.478. The zero-order valence-electron chi connectivity index (χ0n) is 16.8. The Labute approximate surface area is 162 Å². The van der Waals surface area contributed by atoms with Gasteiger partial charge in [0.25, 0.3) is 5.91 Å². The second-order valence-corrected chi connectivity index (χ2v) is 8.26. The molecule has 3 rings (SSSR count). The van der Waals surface area contributed by atoms with Gasteiger partial charge >= 0.3 is 0 Å². The average Bonchev–Trinajstić information content (AvgIpc) is 3.09. The molecule has 1 unspecified atom stereocenters. The Morgan fingerprint density at radius 1 is 1.26 bits per heavy atom. The highest BCUT2D eigenvalue weighted by Crippen LogP contribution is 2.32. The molecule has 4 nitrogen and oxygen atoms in total. The summed E-state index contributed by atoms with van der Waals surface area (Å²) in [6.07, 6.45) is 6.33. The molecule has 1 aromatic carbocycles. The van der Waals surface area contributed by atoms with Crippen LogP contribution in [0.1, 0.15) is 60.8 Å². The first-order valence-electron chi connectivity index (χ1n) is 9.83. The lowest BCUT2D eigenvalue weighted by Crippen LogP contribution is -2.48. The van der Waals surface area contributed by atoms with Crippen LogP contribution >= 0.6 is 0 Å². The van der Waals surface area contributed by atoms with Gasteiger partial charge in [0.2, 0.25) is 0 Å². The molecular formula is C23H30N2O2. The van der Waals surface area contributed by atoms with Crippen LogP contribution < -0.4 is 10.1 Å². The minimum atomic E-state index is -0.337. The molecule has 1 N–H and O–H groups in total. The molecule has 0 saturated heterocycles. The van der Waals surface area contributed by atoms with E-state index < -0.39 is 0 Å². The predicted molar refractivity (Wildman–Crippen MR) is 108 cm³/mol. The number of benzene rings is 1. The van der Waals surface area contributed by atoms with E-state index in [0.717, 1.165) is 43.4 Å². The minimum absolute atomic E-state index is 0.104. The number of ether oxygens (including phenoxy) is 1. The summed E-state index contributed by atoms with van der Waals surface area (Å²) in [6, 6.07) is 10.3.